The molecule has 4 heteroatoms. The van der Waals surface area contributed by atoms with Crippen LogP contribution >= 0.6 is 11.5 Å². The SMILES string of the molecule is Cc1cc(C)c(C(O)c2csnn2)cc1C. The average molecular weight is 234 g/mol. The van der Waals surface area contributed by atoms with Crippen molar-refractivity contribution in [1.82, 2.24) is 9.59 Å². The van der Waals surface area contributed by atoms with Gasteiger partial charge in [-0.05, 0) is 54.6 Å². The smallest absolute Gasteiger partial charge is 0.124 e. The third-order valence-corrected chi connectivity index (χ3v) is 3.36. The third kappa shape index (κ3) is 1.99. The molecule has 0 bridgehead atoms. The molecule has 1 aromatic carbocycles. The van der Waals surface area contributed by atoms with E-state index in [0.29, 0.717) is 5.69 Å². The molecule has 1 atom stereocenters. The van der Waals surface area contributed by atoms with Gasteiger partial charge in [0.15, 0.2) is 0 Å². The second kappa shape index (κ2) is 4.31. The van der Waals surface area contributed by atoms with E-state index in [2.05, 4.69) is 22.6 Å². The molecule has 0 saturated carbocycles. The van der Waals surface area contributed by atoms with E-state index in [1.807, 2.05) is 19.9 Å². The molecule has 16 heavy (non-hydrogen) atoms. The van der Waals surface area contributed by atoms with Gasteiger partial charge in [-0.2, -0.15) is 0 Å². The molecule has 0 fully saturated rings. The number of benzene rings is 1. The molecule has 0 aliphatic heterocycles. The van der Waals surface area contributed by atoms with Crippen molar-refractivity contribution >= 4 is 11.5 Å². The van der Waals surface area contributed by atoms with E-state index in [1.54, 1.807) is 5.38 Å². The lowest BCUT2D eigenvalue weighted by Gasteiger charge is -2.13. The van der Waals surface area contributed by atoms with Crippen molar-refractivity contribution in [2.24, 2.45) is 0 Å². The van der Waals surface area contributed by atoms with Crippen LogP contribution in [-0.4, -0.2) is 14.7 Å². The van der Waals surface area contributed by atoms with Crippen LogP contribution in [0.5, 0.6) is 0 Å². The van der Waals surface area contributed by atoms with E-state index in [-0.39, 0.29) is 0 Å². The molecule has 0 radical (unpaired) electrons. The summed E-state index contributed by atoms with van der Waals surface area (Å²) in [5.41, 5.74) is 5.04. The molecule has 0 aliphatic carbocycles. The molecule has 0 aliphatic rings. The van der Waals surface area contributed by atoms with Gasteiger partial charge in [-0.15, -0.1) is 5.10 Å². The number of nitrogens with zero attached hydrogens (tertiary/aromatic N) is 2. The van der Waals surface area contributed by atoms with Crippen molar-refractivity contribution in [2.45, 2.75) is 26.9 Å². The van der Waals surface area contributed by atoms with Crippen molar-refractivity contribution in [3.05, 3.63) is 45.5 Å². The predicted octanol–water partition coefficient (Wildman–Crippen LogP) is 2.55. The van der Waals surface area contributed by atoms with Gasteiger partial charge in [0.2, 0.25) is 0 Å². The van der Waals surface area contributed by atoms with E-state index in [1.165, 1.54) is 22.7 Å². The minimum atomic E-state index is -0.668. The molecule has 1 heterocycles. The normalized spacial score (nSPS) is 12.8. The summed E-state index contributed by atoms with van der Waals surface area (Å²) in [6.45, 7) is 6.12. The van der Waals surface area contributed by atoms with Crippen molar-refractivity contribution in [3.63, 3.8) is 0 Å². The summed E-state index contributed by atoms with van der Waals surface area (Å²) in [6.07, 6.45) is -0.668. The molecular formula is C12H14N2OS. The fourth-order valence-corrected chi connectivity index (χ4v) is 2.20. The Kier molecular flexibility index (Phi) is 3.03. The summed E-state index contributed by atoms with van der Waals surface area (Å²) in [5.74, 6) is 0. The second-order valence-corrected chi connectivity index (χ2v) is 4.64. The summed E-state index contributed by atoms with van der Waals surface area (Å²) in [5, 5.41) is 15.9. The first kappa shape index (κ1) is 11.2. The van der Waals surface area contributed by atoms with E-state index in [4.69, 9.17) is 0 Å². The first-order chi connectivity index (χ1) is 7.59. The Morgan fingerprint density at radius 1 is 1.12 bits per heavy atom. The number of aliphatic hydroxyl groups excluding tert-OH is 1. The molecule has 0 spiro atoms. The number of hydrogen-bond acceptors (Lipinski definition) is 4. The highest BCUT2D eigenvalue weighted by Gasteiger charge is 2.16. The van der Waals surface area contributed by atoms with E-state index < -0.39 is 6.10 Å². The summed E-state index contributed by atoms with van der Waals surface area (Å²) in [7, 11) is 0. The lowest BCUT2D eigenvalue weighted by molar-refractivity contribution is 0.214. The Labute approximate surface area is 98.9 Å². The van der Waals surface area contributed by atoms with Gasteiger partial charge in [-0.3, -0.25) is 0 Å². The van der Waals surface area contributed by atoms with Crippen molar-refractivity contribution in [1.29, 1.82) is 0 Å². The molecule has 0 amide bonds. The van der Waals surface area contributed by atoms with Crippen LogP contribution in [-0.2, 0) is 0 Å². The van der Waals surface area contributed by atoms with Gasteiger partial charge in [0.05, 0.1) is 0 Å². The van der Waals surface area contributed by atoms with Crippen LogP contribution in [0.15, 0.2) is 17.5 Å². The van der Waals surface area contributed by atoms with Crippen LogP contribution in [0.3, 0.4) is 0 Å². The van der Waals surface area contributed by atoms with Crippen LogP contribution < -0.4 is 0 Å². The number of rotatable bonds is 2. The average Bonchev–Trinajstić information content (AvgIpc) is 2.75. The zero-order valence-corrected chi connectivity index (χ0v) is 10.4. The molecule has 1 N–H and O–H groups in total. The fourth-order valence-electron chi connectivity index (χ4n) is 1.73. The zero-order chi connectivity index (χ0) is 11.7. The number of aryl methyl sites for hydroxylation is 3. The van der Waals surface area contributed by atoms with Gasteiger partial charge in [0.1, 0.15) is 11.8 Å². The van der Waals surface area contributed by atoms with E-state index in [0.717, 1.165) is 11.1 Å². The van der Waals surface area contributed by atoms with E-state index in [9.17, 15) is 5.11 Å². The number of aromatic nitrogens is 2. The van der Waals surface area contributed by atoms with Crippen LogP contribution in [0.25, 0.3) is 0 Å². The van der Waals surface area contributed by atoms with Gasteiger partial charge >= 0.3 is 0 Å². The van der Waals surface area contributed by atoms with Crippen LogP contribution in [0.1, 0.15) is 34.1 Å². The largest absolute Gasteiger partial charge is 0.382 e. The monoisotopic (exact) mass is 234 g/mol. The maximum atomic E-state index is 10.2. The molecule has 84 valence electrons. The number of aliphatic hydroxyl groups is 1. The highest BCUT2D eigenvalue weighted by atomic mass is 32.1. The van der Waals surface area contributed by atoms with Gasteiger partial charge in [-0.1, -0.05) is 16.6 Å². The third-order valence-electron chi connectivity index (χ3n) is 2.83. The van der Waals surface area contributed by atoms with E-state index >= 15 is 0 Å². The van der Waals surface area contributed by atoms with Crippen LogP contribution in [0, 0.1) is 20.8 Å². The first-order valence-corrected chi connectivity index (χ1v) is 5.96. The molecule has 1 unspecified atom stereocenters. The molecule has 3 nitrogen and oxygen atoms in total. The van der Waals surface area contributed by atoms with Crippen LogP contribution in [0.4, 0.5) is 0 Å². The Hall–Kier alpha value is -1.26. The lowest BCUT2D eigenvalue weighted by Crippen LogP contribution is -2.03. The summed E-state index contributed by atoms with van der Waals surface area (Å²) >= 11 is 1.25. The molecule has 0 saturated heterocycles. The standard InChI is InChI=1S/C12H14N2OS/c1-7-4-9(3)10(5-8(7)2)12(15)11-6-16-14-13-11/h4-6,12,15H,1-3H3. The highest BCUT2D eigenvalue weighted by molar-refractivity contribution is 7.03. The topological polar surface area (TPSA) is 46.0 Å². The Bertz CT molecular complexity index is 494. The van der Waals surface area contributed by atoms with Crippen molar-refractivity contribution in [3.8, 4) is 0 Å². The Morgan fingerprint density at radius 3 is 2.44 bits per heavy atom. The summed E-state index contributed by atoms with van der Waals surface area (Å²) in [4.78, 5) is 0. The van der Waals surface area contributed by atoms with Crippen molar-refractivity contribution in [2.75, 3.05) is 0 Å². The number of hydrogen-bond donors (Lipinski definition) is 1. The summed E-state index contributed by atoms with van der Waals surface area (Å²) < 4.78 is 3.77. The van der Waals surface area contributed by atoms with Gasteiger partial charge in [-0.25, -0.2) is 0 Å². The minimum absolute atomic E-state index is 0.622. The van der Waals surface area contributed by atoms with Gasteiger partial charge in [0.25, 0.3) is 0 Å². The second-order valence-electron chi connectivity index (χ2n) is 4.03. The molecular weight excluding hydrogens is 220 g/mol. The predicted molar refractivity (Wildman–Crippen MR) is 64.6 cm³/mol. The molecule has 2 aromatic rings. The van der Waals surface area contributed by atoms with Gasteiger partial charge < -0.3 is 5.11 Å². The van der Waals surface area contributed by atoms with Gasteiger partial charge in [0, 0.05) is 5.38 Å². The summed E-state index contributed by atoms with van der Waals surface area (Å²) in [6, 6.07) is 4.11. The van der Waals surface area contributed by atoms with Crippen molar-refractivity contribution < 1.29 is 5.11 Å². The highest BCUT2D eigenvalue weighted by Crippen LogP contribution is 2.26. The minimum Gasteiger partial charge on any atom is -0.382 e. The Balaban J connectivity index is 2.44. The maximum Gasteiger partial charge on any atom is 0.124 e. The fraction of sp³-hybridized carbons (Fsp3) is 0.333. The molecule has 1 aromatic heterocycles. The maximum absolute atomic E-state index is 10.2. The first-order valence-electron chi connectivity index (χ1n) is 5.12. The Morgan fingerprint density at radius 2 is 1.81 bits per heavy atom. The van der Waals surface area contributed by atoms with Crippen LogP contribution in [0.2, 0.25) is 0 Å². The quantitative estimate of drug-likeness (QED) is 0.868. The lowest BCUT2D eigenvalue weighted by atomic mass is 9.96. The molecule has 2 rings (SSSR count). The zero-order valence-electron chi connectivity index (χ0n) is 9.56.